The molecule has 1 aliphatic rings. The standard InChI is InChI=1S/C14H19NO2/c16-9-3-8-15-14(17)10-12-7-6-11-4-1-2-5-13(11)12/h1-2,4-5,12,16H,3,6-10H2,(H,15,17). The molecule has 3 heteroatoms. The molecule has 0 saturated carbocycles. The molecule has 0 spiro atoms. The van der Waals surface area contributed by atoms with Crippen LogP contribution in [0, 0.1) is 0 Å². The van der Waals surface area contributed by atoms with Crippen LogP contribution in [0.3, 0.4) is 0 Å². The smallest absolute Gasteiger partial charge is 0.220 e. The van der Waals surface area contributed by atoms with Gasteiger partial charge < -0.3 is 10.4 Å². The monoisotopic (exact) mass is 233 g/mol. The molecule has 0 heterocycles. The summed E-state index contributed by atoms with van der Waals surface area (Å²) in [5.41, 5.74) is 2.73. The van der Waals surface area contributed by atoms with E-state index in [-0.39, 0.29) is 12.5 Å². The Balaban J connectivity index is 1.87. The summed E-state index contributed by atoms with van der Waals surface area (Å²) < 4.78 is 0. The van der Waals surface area contributed by atoms with Gasteiger partial charge in [-0.15, -0.1) is 0 Å². The first kappa shape index (κ1) is 12.1. The molecule has 0 bridgehead atoms. The first-order chi connectivity index (χ1) is 8.31. The van der Waals surface area contributed by atoms with Crippen molar-refractivity contribution in [2.24, 2.45) is 0 Å². The topological polar surface area (TPSA) is 49.3 Å². The molecule has 3 nitrogen and oxygen atoms in total. The number of hydrogen-bond acceptors (Lipinski definition) is 2. The van der Waals surface area contributed by atoms with Crippen molar-refractivity contribution in [3.8, 4) is 0 Å². The van der Waals surface area contributed by atoms with E-state index in [9.17, 15) is 4.79 Å². The quantitative estimate of drug-likeness (QED) is 0.759. The van der Waals surface area contributed by atoms with Gasteiger partial charge in [0.05, 0.1) is 0 Å². The van der Waals surface area contributed by atoms with Crippen LogP contribution >= 0.6 is 0 Å². The zero-order valence-corrected chi connectivity index (χ0v) is 9.98. The maximum absolute atomic E-state index is 11.7. The van der Waals surface area contributed by atoms with E-state index in [1.54, 1.807) is 0 Å². The third kappa shape index (κ3) is 3.07. The van der Waals surface area contributed by atoms with Crippen LogP contribution in [0.5, 0.6) is 0 Å². The summed E-state index contributed by atoms with van der Waals surface area (Å²) in [6.07, 6.45) is 3.37. The van der Waals surface area contributed by atoms with Crippen LogP contribution in [0.1, 0.15) is 36.3 Å². The summed E-state index contributed by atoms with van der Waals surface area (Å²) in [6.45, 7) is 0.705. The third-order valence-corrected chi connectivity index (χ3v) is 3.35. The first-order valence-corrected chi connectivity index (χ1v) is 6.26. The van der Waals surface area contributed by atoms with Crippen molar-refractivity contribution in [3.05, 3.63) is 35.4 Å². The van der Waals surface area contributed by atoms with Gasteiger partial charge in [0, 0.05) is 19.6 Å². The average Bonchev–Trinajstić information content (AvgIpc) is 2.73. The van der Waals surface area contributed by atoms with Crippen molar-refractivity contribution in [2.45, 2.75) is 31.6 Å². The zero-order chi connectivity index (χ0) is 12.1. The number of fused-ring (bicyclic) bond motifs is 1. The largest absolute Gasteiger partial charge is 0.396 e. The summed E-state index contributed by atoms with van der Waals surface area (Å²) in [5, 5.41) is 11.5. The van der Waals surface area contributed by atoms with E-state index in [1.807, 2.05) is 6.07 Å². The molecule has 1 aromatic carbocycles. The molecule has 0 saturated heterocycles. The first-order valence-electron chi connectivity index (χ1n) is 6.26. The van der Waals surface area contributed by atoms with Gasteiger partial charge in [0.15, 0.2) is 0 Å². The minimum atomic E-state index is 0.0974. The Bertz CT molecular complexity index is 390. The molecule has 17 heavy (non-hydrogen) atoms. The summed E-state index contributed by atoms with van der Waals surface area (Å²) in [7, 11) is 0. The fourth-order valence-corrected chi connectivity index (χ4v) is 2.46. The van der Waals surface area contributed by atoms with Gasteiger partial charge in [0.1, 0.15) is 0 Å². The van der Waals surface area contributed by atoms with Crippen molar-refractivity contribution >= 4 is 5.91 Å². The molecule has 1 atom stereocenters. The lowest BCUT2D eigenvalue weighted by molar-refractivity contribution is -0.121. The average molecular weight is 233 g/mol. The number of aryl methyl sites for hydroxylation is 1. The van der Waals surface area contributed by atoms with Crippen molar-refractivity contribution < 1.29 is 9.90 Å². The Hall–Kier alpha value is -1.35. The third-order valence-electron chi connectivity index (χ3n) is 3.35. The number of benzene rings is 1. The van der Waals surface area contributed by atoms with E-state index in [2.05, 4.69) is 23.5 Å². The Labute approximate surface area is 102 Å². The number of nitrogens with one attached hydrogen (secondary N) is 1. The molecule has 1 unspecified atom stereocenters. The minimum absolute atomic E-state index is 0.0974. The number of amides is 1. The number of rotatable bonds is 5. The van der Waals surface area contributed by atoms with Crippen LogP contribution in [0.2, 0.25) is 0 Å². The molecule has 2 N–H and O–H groups in total. The Kier molecular flexibility index (Phi) is 4.15. The van der Waals surface area contributed by atoms with Crippen molar-refractivity contribution in [1.82, 2.24) is 5.32 Å². The predicted molar refractivity (Wildman–Crippen MR) is 66.8 cm³/mol. The molecule has 92 valence electrons. The van der Waals surface area contributed by atoms with Gasteiger partial charge in [-0.05, 0) is 36.3 Å². The van der Waals surface area contributed by atoms with Gasteiger partial charge in [-0.25, -0.2) is 0 Å². The van der Waals surface area contributed by atoms with Crippen LogP contribution in [-0.4, -0.2) is 24.2 Å². The highest BCUT2D eigenvalue weighted by molar-refractivity contribution is 5.77. The van der Waals surface area contributed by atoms with Gasteiger partial charge in [-0.1, -0.05) is 24.3 Å². The maximum atomic E-state index is 11.7. The zero-order valence-electron chi connectivity index (χ0n) is 9.98. The number of carbonyl (C=O) groups is 1. The van der Waals surface area contributed by atoms with E-state index >= 15 is 0 Å². The van der Waals surface area contributed by atoms with Crippen LogP contribution in [-0.2, 0) is 11.2 Å². The molecule has 1 amide bonds. The molecular weight excluding hydrogens is 214 g/mol. The molecule has 1 aromatic rings. The molecule has 2 rings (SSSR count). The Morgan fingerprint density at radius 1 is 1.41 bits per heavy atom. The second-order valence-corrected chi connectivity index (χ2v) is 4.57. The van der Waals surface area contributed by atoms with E-state index in [0.29, 0.717) is 25.3 Å². The number of hydrogen-bond donors (Lipinski definition) is 2. The van der Waals surface area contributed by atoms with E-state index in [1.165, 1.54) is 11.1 Å². The highest BCUT2D eigenvalue weighted by Crippen LogP contribution is 2.34. The predicted octanol–water partition coefficient (Wildman–Crippen LogP) is 1.61. The number of aliphatic hydroxyl groups is 1. The van der Waals surface area contributed by atoms with Gasteiger partial charge in [-0.3, -0.25) is 4.79 Å². The lowest BCUT2D eigenvalue weighted by Crippen LogP contribution is -2.26. The highest BCUT2D eigenvalue weighted by atomic mass is 16.3. The van der Waals surface area contributed by atoms with Crippen LogP contribution in [0.4, 0.5) is 0 Å². The SMILES string of the molecule is O=C(CC1CCc2ccccc21)NCCCO. The van der Waals surface area contributed by atoms with Crippen LogP contribution in [0.15, 0.2) is 24.3 Å². The summed E-state index contributed by atoms with van der Waals surface area (Å²) in [5.74, 6) is 0.473. The second-order valence-electron chi connectivity index (χ2n) is 4.57. The fraction of sp³-hybridized carbons (Fsp3) is 0.500. The summed E-state index contributed by atoms with van der Waals surface area (Å²) in [4.78, 5) is 11.7. The van der Waals surface area contributed by atoms with Crippen molar-refractivity contribution in [2.75, 3.05) is 13.2 Å². The van der Waals surface area contributed by atoms with Crippen molar-refractivity contribution in [1.29, 1.82) is 0 Å². The lowest BCUT2D eigenvalue weighted by atomic mass is 9.97. The Morgan fingerprint density at radius 2 is 2.24 bits per heavy atom. The molecular formula is C14H19NO2. The molecule has 0 aliphatic heterocycles. The molecule has 0 fully saturated rings. The molecule has 1 aliphatic carbocycles. The fourth-order valence-electron chi connectivity index (χ4n) is 2.46. The summed E-state index contributed by atoms with van der Waals surface area (Å²) in [6, 6.07) is 8.39. The van der Waals surface area contributed by atoms with Gasteiger partial charge in [0.25, 0.3) is 0 Å². The van der Waals surface area contributed by atoms with Gasteiger partial charge >= 0.3 is 0 Å². The molecule has 0 radical (unpaired) electrons. The second kappa shape index (κ2) is 5.82. The normalized spacial score (nSPS) is 17.8. The Morgan fingerprint density at radius 3 is 3.06 bits per heavy atom. The number of aliphatic hydroxyl groups excluding tert-OH is 1. The lowest BCUT2D eigenvalue weighted by Gasteiger charge is -2.11. The van der Waals surface area contributed by atoms with Crippen molar-refractivity contribution in [3.63, 3.8) is 0 Å². The van der Waals surface area contributed by atoms with E-state index < -0.39 is 0 Å². The van der Waals surface area contributed by atoms with E-state index in [0.717, 1.165) is 12.8 Å². The highest BCUT2D eigenvalue weighted by Gasteiger charge is 2.23. The van der Waals surface area contributed by atoms with Gasteiger partial charge in [0.2, 0.25) is 5.91 Å². The number of carbonyl (C=O) groups excluding carboxylic acids is 1. The summed E-state index contributed by atoms with van der Waals surface area (Å²) >= 11 is 0. The minimum Gasteiger partial charge on any atom is -0.396 e. The molecule has 0 aromatic heterocycles. The maximum Gasteiger partial charge on any atom is 0.220 e. The van der Waals surface area contributed by atoms with E-state index in [4.69, 9.17) is 5.11 Å². The van der Waals surface area contributed by atoms with Gasteiger partial charge in [-0.2, -0.15) is 0 Å². The van der Waals surface area contributed by atoms with Crippen LogP contribution in [0.25, 0.3) is 0 Å². The van der Waals surface area contributed by atoms with Crippen LogP contribution < -0.4 is 5.32 Å².